The van der Waals surface area contributed by atoms with Crippen molar-refractivity contribution in [2.24, 2.45) is 24.8 Å². The largest absolute Gasteiger partial charge is 0.492 e. The van der Waals surface area contributed by atoms with Crippen LogP contribution in [0, 0.1) is 29.1 Å². The summed E-state index contributed by atoms with van der Waals surface area (Å²) in [6, 6.07) is 24.5. The van der Waals surface area contributed by atoms with Gasteiger partial charge in [0.15, 0.2) is 0 Å². The molecule has 2 atom stereocenters. The van der Waals surface area contributed by atoms with Crippen LogP contribution in [0.15, 0.2) is 85.1 Å². The van der Waals surface area contributed by atoms with E-state index in [9.17, 15) is 34.0 Å². The van der Waals surface area contributed by atoms with E-state index in [4.69, 9.17) is 9.47 Å². The van der Waals surface area contributed by atoms with Crippen LogP contribution < -0.4 is 30.3 Å². The molecule has 4 saturated heterocycles. The van der Waals surface area contributed by atoms with Gasteiger partial charge < -0.3 is 39.4 Å². The molecule has 0 spiro atoms. The number of aryl methyl sites for hydroxylation is 1. The Bertz CT molecular complexity index is 3330. The van der Waals surface area contributed by atoms with E-state index >= 15 is 13.2 Å². The Balaban J connectivity index is 0.611. The molecule has 2 aromatic heterocycles. The molecule has 0 bridgehead atoms. The van der Waals surface area contributed by atoms with E-state index in [1.165, 1.54) is 11.0 Å². The number of amides is 6. The molecule has 1 aliphatic carbocycles. The number of nitriles is 1. The van der Waals surface area contributed by atoms with Crippen LogP contribution in [-0.2, 0) is 35.8 Å². The lowest BCUT2D eigenvalue weighted by atomic mass is 9.81. The van der Waals surface area contributed by atoms with Crippen molar-refractivity contribution in [2.75, 3.05) is 82.3 Å². The Labute approximate surface area is 479 Å². The van der Waals surface area contributed by atoms with E-state index in [1.54, 1.807) is 67.8 Å². The van der Waals surface area contributed by atoms with Crippen LogP contribution in [-0.4, -0.2) is 144 Å². The molecule has 83 heavy (non-hydrogen) atoms. The normalized spacial score (nSPS) is 22.5. The number of imide groups is 1. The third kappa shape index (κ3) is 12.1. The summed E-state index contributed by atoms with van der Waals surface area (Å²) in [4.78, 5) is 91.1. The van der Waals surface area contributed by atoms with Gasteiger partial charge in [-0.3, -0.25) is 39.0 Å². The quantitative estimate of drug-likeness (QED) is 0.0733. The zero-order valence-electron chi connectivity index (χ0n) is 46.6. The smallest absolute Gasteiger partial charge is 0.428 e. The third-order valence-corrected chi connectivity index (χ3v) is 18.1. The molecule has 3 N–H and O–H groups in total. The number of para-hydroxylation sites is 1. The first kappa shape index (κ1) is 56.9. The van der Waals surface area contributed by atoms with E-state index in [-0.39, 0.29) is 79.8 Å². The number of nitrogens with one attached hydrogen (secondary N) is 3. The maximum absolute atomic E-state index is 15.3. The van der Waals surface area contributed by atoms with Crippen LogP contribution in [0.1, 0.15) is 99.2 Å². The molecule has 21 heteroatoms. The molecule has 436 valence electrons. The highest BCUT2D eigenvalue weighted by molar-refractivity contribution is 6.02. The van der Waals surface area contributed by atoms with E-state index in [0.717, 1.165) is 62.5 Å². The summed E-state index contributed by atoms with van der Waals surface area (Å²) in [6.07, 6.45) is 1.06. The van der Waals surface area contributed by atoms with E-state index in [1.807, 2.05) is 27.7 Å². The number of benzene rings is 3. The minimum Gasteiger partial charge on any atom is -0.492 e. The van der Waals surface area contributed by atoms with Gasteiger partial charge in [0, 0.05) is 132 Å². The zero-order chi connectivity index (χ0) is 58.0. The summed E-state index contributed by atoms with van der Waals surface area (Å²) in [7, 11) is 1.78. The topological polar surface area (TPSA) is 212 Å². The van der Waals surface area contributed by atoms with Crippen molar-refractivity contribution in [2.45, 2.75) is 94.2 Å². The summed E-state index contributed by atoms with van der Waals surface area (Å²) in [6.45, 7) is 5.54. The maximum atomic E-state index is 15.3. The Morgan fingerprint density at radius 3 is 2.27 bits per heavy atom. The molecule has 7 heterocycles. The first-order chi connectivity index (χ1) is 40.0. The zero-order valence-corrected chi connectivity index (χ0v) is 46.6. The van der Waals surface area contributed by atoms with Crippen molar-refractivity contribution in [3.63, 3.8) is 0 Å². The molecule has 5 aromatic rings. The monoisotopic (exact) mass is 1140 g/mol. The van der Waals surface area contributed by atoms with Gasteiger partial charge in [0.05, 0.1) is 35.7 Å². The number of aromatic nitrogens is 2. The summed E-state index contributed by atoms with van der Waals surface area (Å²) in [5.74, 6) is -1.09. The number of hydrogen-bond acceptors (Lipinski definition) is 12. The highest BCUT2D eigenvalue weighted by Crippen LogP contribution is 2.46. The standard InChI is InChI=1S/C62H69F3N10O8/c1-71-51-7-4-5-43(37-66)47(51)35-52(71)46-6-2-3-8-53(46)83-61(62(63,64)65)20-26-74(27-21-61)60(81)49-36-56(77)69-50-15-13-44(34-48(49)50)82-32-23-68-57(78)40-9-11-41(12-10-40)59(80)75-30-28-72(29-31-75)38-39-18-24-73(25-19-39)54-33-42(17-22-67-54)45-14-16-55(76)70-58(45)79/h2-8,13,15,17,22,33-35,39-41,45,49H,9-12,14,16,18-21,23-32,36,38H2,1H3,(H,68,78)(H,69,77)(H,70,76,79)/t40?,41?,45?,49-/m0/s1. The second-order valence-electron chi connectivity index (χ2n) is 23.1. The number of anilines is 2. The van der Waals surface area contributed by atoms with Gasteiger partial charge in [0.1, 0.15) is 23.9 Å². The number of ether oxygens (including phenoxy) is 2. The van der Waals surface area contributed by atoms with Crippen molar-refractivity contribution >= 4 is 57.9 Å². The Morgan fingerprint density at radius 1 is 0.795 bits per heavy atom. The second kappa shape index (κ2) is 24.1. The van der Waals surface area contributed by atoms with Crippen LogP contribution in [0.25, 0.3) is 22.2 Å². The maximum Gasteiger partial charge on any atom is 0.428 e. The van der Waals surface area contributed by atoms with Gasteiger partial charge in [-0.1, -0.05) is 18.2 Å². The minimum absolute atomic E-state index is 0.0202. The summed E-state index contributed by atoms with van der Waals surface area (Å²) in [5, 5.41) is 18.6. The van der Waals surface area contributed by atoms with Crippen LogP contribution in [0.2, 0.25) is 0 Å². The second-order valence-corrected chi connectivity index (χ2v) is 23.1. The van der Waals surface area contributed by atoms with Gasteiger partial charge in [0.2, 0.25) is 41.0 Å². The lowest BCUT2D eigenvalue weighted by molar-refractivity contribution is -0.260. The molecule has 1 saturated carbocycles. The van der Waals surface area contributed by atoms with Gasteiger partial charge in [-0.05, 0) is 123 Å². The molecular formula is C62H69F3N10O8. The molecular weight excluding hydrogens is 1070 g/mol. The average Bonchev–Trinajstić information content (AvgIpc) is 3.73. The number of piperazine rings is 1. The first-order valence-electron chi connectivity index (χ1n) is 29.1. The van der Waals surface area contributed by atoms with Crippen molar-refractivity contribution in [3.05, 3.63) is 102 Å². The lowest BCUT2D eigenvalue weighted by Gasteiger charge is -2.43. The van der Waals surface area contributed by atoms with Crippen LogP contribution in [0.4, 0.5) is 24.7 Å². The molecule has 11 rings (SSSR count). The number of fused-ring (bicyclic) bond motifs is 2. The van der Waals surface area contributed by atoms with Crippen molar-refractivity contribution < 1.29 is 51.4 Å². The summed E-state index contributed by atoms with van der Waals surface area (Å²) >= 11 is 0. The van der Waals surface area contributed by atoms with E-state index in [2.05, 4.69) is 36.8 Å². The molecule has 5 fully saturated rings. The fourth-order valence-electron chi connectivity index (χ4n) is 13.2. The number of carbonyl (C=O) groups excluding carboxylic acids is 6. The number of likely N-dealkylation sites (tertiary alicyclic amines) is 1. The van der Waals surface area contributed by atoms with Crippen molar-refractivity contribution in [1.29, 1.82) is 5.26 Å². The van der Waals surface area contributed by atoms with Crippen molar-refractivity contribution in [3.8, 4) is 28.8 Å². The number of rotatable bonds is 14. The number of hydrogen-bond donors (Lipinski definition) is 3. The highest BCUT2D eigenvalue weighted by atomic mass is 19.4. The fraction of sp³-hybridized carbons (Fsp3) is 0.484. The van der Waals surface area contributed by atoms with E-state index in [0.29, 0.717) is 96.7 Å². The third-order valence-electron chi connectivity index (χ3n) is 18.1. The number of halogens is 3. The molecule has 18 nitrogen and oxygen atoms in total. The molecule has 6 amide bonds. The number of pyridine rings is 1. The Morgan fingerprint density at radius 2 is 1.53 bits per heavy atom. The van der Waals surface area contributed by atoms with Crippen LogP contribution in [0.5, 0.6) is 11.5 Å². The van der Waals surface area contributed by atoms with Gasteiger partial charge in [0.25, 0.3) is 0 Å². The lowest BCUT2D eigenvalue weighted by Crippen LogP contribution is -2.58. The Hall–Kier alpha value is -7.99. The average molecular weight is 1140 g/mol. The van der Waals surface area contributed by atoms with Crippen LogP contribution in [0.3, 0.4) is 0 Å². The predicted molar refractivity (Wildman–Crippen MR) is 302 cm³/mol. The SMILES string of the molecule is Cn1c(-c2ccccc2OC2(C(F)(F)F)CCN(C(=O)[C@H]3CC(=O)Nc4ccc(OCCNC(=O)C5CCC(C(=O)N6CCN(CC7CCN(c8cc(C9CCC(=O)NC9=O)ccn8)CC7)CC6)CC5)cc43)CC2)cc2c(C#N)cccc21. The van der Waals surface area contributed by atoms with Gasteiger partial charge >= 0.3 is 6.18 Å². The van der Waals surface area contributed by atoms with Gasteiger partial charge in [-0.25, -0.2) is 4.98 Å². The number of piperidine rings is 3. The fourth-order valence-corrected chi connectivity index (χ4v) is 13.2. The number of nitrogens with zero attached hydrogens (tertiary/aromatic N) is 7. The number of alkyl halides is 3. The van der Waals surface area contributed by atoms with Gasteiger partial charge in [-0.15, -0.1) is 0 Å². The summed E-state index contributed by atoms with van der Waals surface area (Å²) < 4.78 is 59.7. The molecule has 0 radical (unpaired) electrons. The molecule has 3 aromatic carbocycles. The van der Waals surface area contributed by atoms with Crippen LogP contribution >= 0.6 is 0 Å². The van der Waals surface area contributed by atoms with Gasteiger partial charge in [-0.2, -0.15) is 18.4 Å². The Kier molecular flexibility index (Phi) is 16.5. The van der Waals surface area contributed by atoms with Crippen molar-refractivity contribution in [1.82, 2.24) is 34.9 Å². The predicted octanol–water partition coefficient (Wildman–Crippen LogP) is 7.42. The summed E-state index contributed by atoms with van der Waals surface area (Å²) in [5.41, 5.74) is 1.34. The molecule has 5 aliphatic heterocycles. The minimum atomic E-state index is -4.80. The van der Waals surface area contributed by atoms with E-state index < -0.39 is 42.4 Å². The molecule has 6 aliphatic rings. The highest BCUT2D eigenvalue weighted by Gasteiger charge is 2.59. The first-order valence-corrected chi connectivity index (χ1v) is 29.1. The number of carbonyl (C=O) groups is 6. The molecule has 1 unspecified atom stereocenters.